The van der Waals surface area contributed by atoms with Crippen molar-refractivity contribution < 1.29 is 0 Å². The molecule has 2 heterocycles. The molecule has 64 valence electrons. The average molecular weight is 163 g/mol. The first kappa shape index (κ1) is 7.55. The maximum Gasteiger partial charge on any atom is 0.0549 e. The number of aromatic nitrogens is 1. The summed E-state index contributed by atoms with van der Waals surface area (Å²) < 4.78 is 0. The van der Waals surface area contributed by atoms with Crippen molar-refractivity contribution in [1.29, 1.82) is 0 Å². The van der Waals surface area contributed by atoms with Crippen LogP contribution < -0.4 is 5.73 Å². The normalized spacial score (nSPS) is 17.4. The van der Waals surface area contributed by atoms with Crippen molar-refractivity contribution in [1.82, 2.24) is 9.88 Å². The first-order chi connectivity index (χ1) is 5.77. The molecular formula is C9H13N3. The van der Waals surface area contributed by atoms with E-state index in [2.05, 4.69) is 16.9 Å². The van der Waals surface area contributed by atoms with Gasteiger partial charge in [0.05, 0.1) is 11.9 Å². The molecule has 0 amide bonds. The van der Waals surface area contributed by atoms with Crippen LogP contribution in [0.2, 0.25) is 0 Å². The Bertz CT molecular complexity index is 296. The van der Waals surface area contributed by atoms with Crippen molar-refractivity contribution in [3.8, 4) is 0 Å². The molecule has 0 atom stereocenters. The topological polar surface area (TPSA) is 42.2 Å². The Labute approximate surface area is 72.2 Å². The van der Waals surface area contributed by atoms with E-state index in [9.17, 15) is 0 Å². The summed E-state index contributed by atoms with van der Waals surface area (Å²) in [5.74, 6) is 0. The van der Waals surface area contributed by atoms with Crippen LogP contribution in [0, 0.1) is 0 Å². The standard InChI is InChI=1S/C9H13N3/c1-12-3-2-7-4-11-5-9(10)8(7)6-12/h4-5H,2-3,6,10H2,1H3. The Hall–Kier alpha value is -1.09. The third-order valence-electron chi connectivity index (χ3n) is 2.37. The summed E-state index contributed by atoms with van der Waals surface area (Å²) in [6, 6.07) is 0. The largest absolute Gasteiger partial charge is 0.397 e. The van der Waals surface area contributed by atoms with Gasteiger partial charge in [0.25, 0.3) is 0 Å². The lowest BCUT2D eigenvalue weighted by atomic mass is 10.0. The predicted molar refractivity (Wildman–Crippen MR) is 48.7 cm³/mol. The van der Waals surface area contributed by atoms with E-state index in [0.717, 1.165) is 25.2 Å². The fourth-order valence-electron chi connectivity index (χ4n) is 1.62. The third kappa shape index (κ3) is 1.16. The molecule has 2 rings (SSSR count). The average Bonchev–Trinajstić information content (AvgIpc) is 2.07. The number of nitrogen functional groups attached to an aromatic ring is 1. The van der Waals surface area contributed by atoms with E-state index in [1.807, 2.05) is 6.20 Å². The predicted octanol–water partition coefficient (Wildman–Crippen LogP) is 0.652. The molecule has 3 heteroatoms. The number of fused-ring (bicyclic) bond motifs is 1. The van der Waals surface area contributed by atoms with E-state index in [0.29, 0.717) is 0 Å². The first-order valence-corrected chi connectivity index (χ1v) is 4.17. The van der Waals surface area contributed by atoms with Gasteiger partial charge in [-0.3, -0.25) is 4.98 Å². The van der Waals surface area contributed by atoms with E-state index in [4.69, 9.17) is 5.73 Å². The van der Waals surface area contributed by atoms with Gasteiger partial charge in [-0.2, -0.15) is 0 Å². The Morgan fingerprint density at radius 1 is 1.50 bits per heavy atom. The number of anilines is 1. The number of hydrogen-bond donors (Lipinski definition) is 1. The molecule has 12 heavy (non-hydrogen) atoms. The van der Waals surface area contributed by atoms with Crippen LogP contribution in [0.1, 0.15) is 11.1 Å². The maximum absolute atomic E-state index is 5.81. The Kier molecular flexibility index (Phi) is 1.73. The minimum atomic E-state index is 0.832. The van der Waals surface area contributed by atoms with Crippen molar-refractivity contribution in [3.05, 3.63) is 23.5 Å². The van der Waals surface area contributed by atoms with Crippen LogP contribution >= 0.6 is 0 Å². The fourth-order valence-corrected chi connectivity index (χ4v) is 1.62. The quantitative estimate of drug-likeness (QED) is 0.610. The molecule has 0 unspecified atom stereocenters. The molecular weight excluding hydrogens is 150 g/mol. The van der Waals surface area contributed by atoms with Gasteiger partial charge in [-0.05, 0) is 24.6 Å². The fraction of sp³-hybridized carbons (Fsp3) is 0.444. The number of rotatable bonds is 0. The lowest BCUT2D eigenvalue weighted by Crippen LogP contribution is -2.27. The second kappa shape index (κ2) is 2.75. The van der Waals surface area contributed by atoms with Crippen molar-refractivity contribution in [3.63, 3.8) is 0 Å². The van der Waals surface area contributed by atoms with Gasteiger partial charge in [0.2, 0.25) is 0 Å². The zero-order valence-corrected chi connectivity index (χ0v) is 7.25. The van der Waals surface area contributed by atoms with Gasteiger partial charge >= 0.3 is 0 Å². The minimum absolute atomic E-state index is 0.832. The molecule has 1 aromatic heterocycles. The van der Waals surface area contributed by atoms with Gasteiger partial charge in [0, 0.05) is 19.3 Å². The molecule has 0 spiro atoms. The van der Waals surface area contributed by atoms with Crippen molar-refractivity contribution in [2.24, 2.45) is 0 Å². The number of likely N-dealkylation sites (N-methyl/N-ethyl adjacent to an activating group) is 1. The number of pyridine rings is 1. The highest BCUT2D eigenvalue weighted by molar-refractivity contribution is 5.49. The molecule has 0 saturated carbocycles. The molecule has 3 nitrogen and oxygen atoms in total. The summed E-state index contributed by atoms with van der Waals surface area (Å²) in [6.45, 7) is 2.07. The van der Waals surface area contributed by atoms with Gasteiger partial charge in [-0.25, -0.2) is 0 Å². The van der Waals surface area contributed by atoms with Gasteiger partial charge in [-0.1, -0.05) is 0 Å². The van der Waals surface area contributed by atoms with Gasteiger partial charge in [-0.15, -0.1) is 0 Å². The van der Waals surface area contributed by atoms with Crippen LogP contribution in [0.3, 0.4) is 0 Å². The van der Waals surface area contributed by atoms with Gasteiger partial charge < -0.3 is 10.6 Å². The maximum atomic E-state index is 5.81. The van der Waals surface area contributed by atoms with E-state index in [1.165, 1.54) is 11.1 Å². The highest BCUT2D eigenvalue weighted by Gasteiger charge is 2.14. The number of hydrogen-bond acceptors (Lipinski definition) is 3. The Balaban J connectivity index is 2.43. The zero-order valence-electron chi connectivity index (χ0n) is 7.25. The minimum Gasteiger partial charge on any atom is -0.397 e. The second-order valence-corrected chi connectivity index (χ2v) is 3.35. The van der Waals surface area contributed by atoms with E-state index in [-0.39, 0.29) is 0 Å². The second-order valence-electron chi connectivity index (χ2n) is 3.35. The Morgan fingerprint density at radius 2 is 2.33 bits per heavy atom. The zero-order chi connectivity index (χ0) is 8.55. The molecule has 0 radical (unpaired) electrons. The summed E-state index contributed by atoms with van der Waals surface area (Å²) in [7, 11) is 2.11. The first-order valence-electron chi connectivity index (χ1n) is 4.17. The molecule has 1 aliphatic rings. The lowest BCUT2D eigenvalue weighted by molar-refractivity contribution is 0.313. The molecule has 2 N–H and O–H groups in total. The van der Waals surface area contributed by atoms with Crippen LogP contribution in [-0.4, -0.2) is 23.5 Å². The molecule has 1 aromatic rings. The smallest absolute Gasteiger partial charge is 0.0549 e. The van der Waals surface area contributed by atoms with E-state index >= 15 is 0 Å². The van der Waals surface area contributed by atoms with E-state index in [1.54, 1.807) is 6.20 Å². The number of nitrogens with two attached hydrogens (primary N) is 1. The van der Waals surface area contributed by atoms with Crippen LogP contribution in [0.15, 0.2) is 12.4 Å². The summed E-state index contributed by atoms with van der Waals surface area (Å²) in [5, 5.41) is 0. The van der Waals surface area contributed by atoms with Gasteiger partial charge in [0.15, 0.2) is 0 Å². The Morgan fingerprint density at radius 3 is 3.17 bits per heavy atom. The van der Waals surface area contributed by atoms with Gasteiger partial charge in [0.1, 0.15) is 0 Å². The van der Waals surface area contributed by atoms with Crippen LogP contribution in [0.4, 0.5) is 5.69 Å². The van der Waals surface area contributed by atoms with Crippen molar-refractivity contribution in [2.45, 2.75) is 13.0 Å². The van der Waals surface area contributed by atoms with Crippen LogP contribution in [-0.2, 0) is 13.0 Å². The summed E-state index contributed by atoms with van der Waals surface area (Å²) in [4.78, 5) is 6.36. The molecule has 0 aromatic carbocycles. The third-order valence-corrected chi connectivity index (χ3v) is 2.37. The van der Waals surface area contributed by atoms with Crippen molar-refractivity contribution >= 4 is 5.69 Å². The highest BCUT2D eigenvalue weighted by Crippen LogP contribution is 2.21. The molecule has 0 saturated heterocycles. The highest BCUT2D eigenvalue weighted by atomic mass is 15.1. The molecule has 1 aliphatic heterocycles. The van der Waals surface area contributed by atoms with Crippen LogP contribution in [0.25, 0.3) is 0 Å². The van der Waals surface area contributed by atoms with Crippen LogP contribution in [0.5, 0.6) is 0 Å². The molecule has 0 bridgehead atoms. The summed E-state index contributed by atoms with van der Waals surface area (Å²) >= 11 is 0. The SMILES string of the molecule is CN1CCc2cncc(N)c2C1. The lowest BCUT2D eigenvalue weighted by Gasteiger charge is -2.25. The monoisotopic (exact) mass is 163 g/mol. The molecule has 0 fully saturated rings. The number of nitrogens with zero attached hydrogens (tertiary/aromatic N) is 2. The van der Waals surface area contributed by atoms with Crippen molar-refractivity contribution in [2.75, 3.05) is 19.3 Å². The summed E-state index contributed by atoms with van der Waals surface area (Å²) in [5.41, 5.74) is 9.22. The van der Waals surface area contributed by atoms with E-state index < -0.39 is 0 Å². The molecule has 0 aliphatic carbocycles. The summed E-state index contributed by atoms with van der Waals surface area (Å²) in [6.07, 6.45) is 4.74.